The van der Waals surface area contributed by atoms with Crippen molar-refractivity contribution in [2.45, 2.75) is 40.3 Å². The fourth-order valence-corrected chi connectivity index (χ4v) is 2.89. The molecule has 168 valence electrons. The normalized spacial score (nSPS) is 12.1. The molecule has 0 aliphatic rings. The number of amides is 1. The lowest BCUT2D eigenvalue weighted by Gasteiger charge is -2.14. The molecule has 0 aliphatic heterocycles. The van der Waals surface area contributed by atoms with Gasteiger partial charge in [-0.2, -0.15) is 0 Å². The van der Waals surface area contributed by atoms with Crippen molar-refractivity contribution >= 4 is 17.6 Å². The van der Waals surface area contributed by atoms with Crippen LogP contribution >= 0.6 is 0 Å². The minimum atomic E-state index is -0.0128. The number of nitrogens with one attached hydrogen (secondary N) is 3. The van der Waals surface area contributed by atoms with Crippen molar-refractivity contribution in [2.75, 3.05) is 26.1 Å². The Morgan fingerprint density at radius 2 is 1.87 bits per heavy atom. The molecule has 1 amide bonds. The van der Waals surface area contributed by atoms with Crippen molar-refractivity contribution in [1.82, 2.24) is 10.6 Å². The van der Waals surface area contributed by atoms with E-state index in [0.29, 0.717) is 19.0 Å². The van der Waals surface area contributed by atoms with Crippen LogP contribution < -0.4 is 25.4 Å². The molecule has 0 aliphatic carbocycles. The second-order valence-electron chi connectivity index (χ2n) is 7.23. The van der Waals surface area contributed by atoms with Crippen molar-refractivity contribution in [3.63, 3.8) is 0 Å². The zero-order valence-electron chi connectivity index (χ0n) is 19.1. The first-order chi connectivity index (χ1) is 15.0. The Bertz CT molecular complexity index is 883. The maximum atomic E-state index is 12.1. The van der Waals surface area contributed by atoms with Crippen LogP contribution in [0.1, 0.15) is 38.3 Å². The second kappa shape index (κ2) is 12.5. The monoisotopic (exact) mass is 426 g/mol. The van der Waals surface area contributed by atoms with E-state index in [0.717, 1.165) is 41.3 Å². The van der Waals surface area contributed by atoms with E-state index in [4.69, 9.17) is 9.47 Å². The van der Waals surface area contributed by atoms with Crippen molar-refractivity contribution in [1.29, 1.82) is 0 Å². The number of carbonyl (C=O) groups excluding carboxylic acids is 1. The van der Waals surface area contributed by atoms with E-state index in [2.05, 4.69) is 20.9 Å². The molecule has 1 atom stereocenters. The molecule has 3 N–H and O–H groups in total. The molecule has 0 saturated heterocycles. The highest BCUT2D eigenvalue weighted by molar-refractivity contribution is 5.92. The number of hydrogen-bond donors (Lipinski definition) is 3. The number of nitrogens with zero attached hydrogens (tertiary/aromatic N) is 1. The van der Waals surface area contributed by atoms with E-state index in [1.807, 2.05) is 63.2 Å². The number of aliphatic imine (C=N–C) groups is 1. The van der Waals surface area contributed by atoms with Gasteiger partial charge in [0.25, 0.3) is 0 Å². The molecule has 0 aromatic heterocycles. The number of carbonyl (C=O) groups is 1. The van der Waals surface area contributed by atoms with E-state index in [9.17, 15) is 4.79 Å². The van der Waals surface area contributed by atoms with Crippen molar-refractivity contribution in [3.05, 3.63) is 53.6 Å². The van der Waals surface area contributed by atoms with Gasteiger partial charge in [0.1, 0.15) is 11.5 Å². The first kappa shape index (κ1) is 24.1. The Labute approximate surface area is 185 Å². The molecular weight excluding hydrogens is 392 g/mol. The fourth-order valence-electron chi connectivity index (χ4n) is 2.89. The number of anilines is 1. The highest BCUT2D eigenvalue weighted by atomic mass is 16.5. The van der Waals surface area contributed by atoms with Gasteiger partial charge in [-0.3, -0.25) is 4.79 Å². The SMILES string of the molecule is CCNC(=NCc1cccc(NC(=O)C(C)CC)c1)NCc1ccc(OC)cc1OC. The molecule has 2 aromatic rings. The summed E-state index contributed by atoms with van der Waals surface area (Å²) in [7, 11) is 3.28. The van der Waals surface area contributed by atoms with Gasteiger partial charge >= 0.3 is 0 Å². The number of methoxy groups -OCH3 is 2. The van der Waals surface area contributed by atoms with Gasteiger partial charge in [-0.25, -0.2) is 4.99 Å². The number of guanidine groups is 1. The zero-order chi connectivity index (χ0) is 22.6. The zero-order valence-corrected chi connectivity index (χ0v) is 19.1. The predicted molar refractivity (Wildman–Crippen MR) is 126 cm³/mol. The first-order valence-electron chi connectivity index (χ1n) is 10.6. The van der Waals surface area contributed by atoms with Crippen LogP contribution in [0.25, 0.3) is 0 Å². The van der Waals surface area contributed by atoms with Crippen LogP contribution in [0.4, 0.5) is 5.69 Å². The molecule has 0 spiro atoms. The van der Waals surface area contributed by atoms with Gasteiger partial charge in [-0.1, -0.05) is 26.0 Å². The molecule has 0 saturated carbocycles. The number of benzene rings is 2. The van der Waals surface area contributed by atoms with Crippen LogP contribution in [-0.2, 0) is 17.9 Å². The highest BCUT2D eigenvalue weighted by Gasteiger charge is 2.10. The summed E-state index contributed by atoms with van der Waals surface area (Å²) in [4.78, 5) is 16.8. The Balaban J connectivity index is 2.05. The van der Waals surface area contributed by atoms with Gasteiger partial charge in [-0.15, -0.1) is 0 Å². The molecule has 0 heterocycles. The van der Waals surface area contributed by atoms with E-state index in [-0.39, 0.29) is 11.8 Å². The second-order valence-corrected chi connectivity index (χ2v) is 7.23. The summed E-state index contributed by atoms with van der Waals surface area (Å²) in [6.07, 6.45) is 0.812. The van der Waals surface area contributed by atoms with Crippen LogP contribution in [-0.4, -0.2) is 32.6 Å². The average Bonchev–Trinajstić information content (AvgIpc) is 2.80. The molecule has 0 fully saturated rings. The molecule has 2 aromatic carbocycles. The van der Waals surface area contributed by atoms with Gasteiger partial charge in [0, 0.05) is 36.3 Å². The van der Waals surface area contributed by atoms with Crippen molar-refractivity contribution < 1.29 is 14.3 Å². The lowest BCUT2D eigenvalue weighted by Crippen LogP contribution is -2.36. The molecule has 2 rings (SSSR count). The third kappa shape index (κ3) is 7.51. The molecule has 7 heteroatoms. The number of rotatable bonds is 10. The summed E-state index contributed by atoms with van der Waals surface area (Å²) >= 11 is 0. The first-order valence-corrected chi connectivity index (χ1v) is 10.6. The van der Waals surface area contributed by atoms with Crippen LogP contribution in [0.2, 0.25) is 0 Å². The van der Waals surface area contributed by atoms with Gasteiger partial charge in [0.05, 0.1) is 20.8 Å². The highest BCUT2D eigenvalue weighted by Crippen LogP contribution is 2.24. The molecule has 31 heavy (non-hydrogen) atoms. The molecular formula is C24H34N4O3. The lowest BCUT2D eigenvalue weighted by molar-refractivity contribution is -0.119. The number of hydrogen-bond acceptors (Lipinski definition) is 4. The quantitative estimate of drug-likeness (QED) is 0.396. The van der Waals surface area contributed by atoms with Gasteiger partial charge in [-0.05, 0) is 43.2 Å². The Kier molecular flexibility index (Phi) is 9.68. The fraction of sp³-hybridized carbons (Fsp3) is 0.417. The lowest BCUT2D eigenvalue weighted by atomic mass is 10.1. The predicted octanol–water partition coefficient (Wildman–Crippen LogP) is 3.94. The van der Waals surface area contributed by atoms with Crippen LogP contribution in [0, 0.1) is 5.92 Å². The third-order valence-corrected chi connectivity index (χ3v) is 4.96. The molecule has 7 nitrogen and oxygen atoms in total. The summed E-state index contributed by atoms with van der Waals surface area (Å²) in [5.41, 5.74) is 2.81. The van der Waals surface area contributed by atoms with E-state index in [1.54, 1.807) is 14.2 Å². The third-order valence-electron chi connectivity index (χ3n) is 4.96. The summed E-state index contributed by atoms with van der Waals surface area (Å²) in [5, 5.41) is 9.56. The van der Waals surface area contributed by atoms with E-state index in [1.165, 1.54) is 0 Å². The summed E-state index contributed by atoms with van der Waals surface area (Å²) in [5.74, 6) is 2.23. The van der Waals surface area contributed by atoms with Crippen molar-refractivity contribution in [3.8, 4) is 11.5 Å². The van der Waals surface area contributed by atoms with Gasteiger partial charge < -0.3 is 25.4 Å². The summed E-state index contributed by atoms with van der Waals surface area (Å²) in [6, 6.07) is 13.5. The van der Waals surface area contributed by atoms with E-state index < -0.39 is 0 Å². The smallest absolute Gasteiger partial charge is 0.227 e. The van der Waals surface area contributed by atoms with Crippen molar-refractivity contribution in [2.24, 2.45) is 10.9 Å². The maximum absolute atomic E-state index is 12.1. The average molecular weight is 427 g/mol. The Hall–Kier alpha value is -3.22. The summed E-state index contributed by atoms with van der Waals surface area (Å²) < 4.78 is 10.7. The largest absolute Gasteiger partial charge is 0.497 e. The minimum absolute atomic E-state index is 0.0128. The Morgan fingerprint density at radius 1 is 1.06 bits per heavy atom. The summed E-state index contributed by atoms with van der Waals surface area (Å²) in [6.45, 7) is 7.75. The van der Waals surface area contributed by atoms with E-state index >= 15 is 0 Å². The number of ether oxygens (including phenoxy) is 2. The molecule has 1 unspecified atom stereocenters. The molecule has 0 bridgehead atoms. The standard InChI is InChI=1S/C24H34N4O3/c1-6-17(3)23(29)28-20-10-8-9-18(13-20)15-26-24(25-7-2)27-16-19-11-12-21(30-4)14-22(19)31-5/h8-14,17H,6-7,15-16H2,1-5H3,(H,28,29)(H2,25,26,27). The topological polar surface area (TPSA) is 84.0 Å². The van der Waals surface area contributed by atoms with Gasteiger partial charge in [0.2, 0.25) is 5.91 Å². The Morgan fingerprint density at radius 3 is 2.55 bits per heavy atom. The van der Waals surface area contributed by atoms with Gasteiger partial charge in [0.15, 0.2) is 5.96 Å². The van der Waals surface area contributed by atoms with Crippen LogP contribution in [0.3, 0.4) is 0 Å². The van der Waals surface area contributed by atoms with Crippen LogP contribution in [0.15, 0.2) is 47.5 Å². The molecule has 0 radical (unpaired) electrons. The van der Waals surface area contributed by atoms with Crippen LogP contribution in [0.5, 0.6) is 11.5 Å². The minimum Gasteiger partial charge on any atom is -0.497 e. The maximum Gasteiger partial charge on any atom is 0.227 e.